The number of rotatable bonds is 2. The van der Waals surface area contributed by atoms with Crippen molar-refractivity contribution in [1.29, 1.82) is 0 Å². The quantitative estimate of drug-likeness (QED) is 0.770. The Morgan fingerprint density at radius 1 is 0.895 bits per heavy atom. The fourth-order valence-corrected chi connectivity index (χ4v) is 1.73. The lowest BCUT2D eigenvalue weighted by Gasteiger charge is -2.10. The predicted molar refractivity (Wildman–Crippen MR) is 73.6 cm³/mol. The molecule has 96 valence electrons. The third-order valence-corrected chi connectivity index (χ3v) is 2.50. The number of nitrogens with one attached hydrogen (secondary N) is 2. The van der Waals surface area contributed by atoms with E-state index in [0.717, 1.165) is 11.1 Å². The summed E-state index contributed by atoms with van der Waals surface area (Å²) < 4.78 is 0. The number of anilines is 1. The van der Waals surface area contributed by atoms with E-state index in [4.69, 9.17) is 5.73 Å². The summed E-state index contributed by atoms with van der Waals surface area (Å²) >= 11 is 0. The van der Waals surface area contributed by atoms with Crippen molar-refractivity contribution in [2.24, 2.45) is 5.73 Å². The first-order valence-corrected chi connectivity index (χ1v) is 5.68. The number of amides is 4. The van der Waals surface area contributed by atoms with Crippen molar-refractivity contribution in [3.05, 3.63) is 54.6 Å². The first-order valence-electron chi connectivity index (χ1n) is 5.68. The molecule has 5 nitrogen and oxygen atoms in total. The lowest BCUT2D eigenvalue weighted by molar-refractivity contribution is 0.238. The summed E-state index contributed by atoms with van der Waals surface area (Å²) in [5.41, 5.74) is 7.32. The Bertz CT molecular complexity index is 597. The highest BCUT2D eigenvalue weighted by Crippen LogP contribution is 2.27. The molecular formula is C14H13N3O2. The fourth-order valence-electron chi connectivity index (χ4n) is 1.73. The number of para-hydroxylation sites is 1. The van der Waals surface area contributed by atoms with E-state index in [2.05, 4.69) is 5.32 Å². The summed E-state index contributed by atoms with van der Waals surface area (Å²) in [5, 5.41) is 4.55. The Morgan fingerprint density at radius 2 is 1.53 bits per heavy atom. The second kappa shape index (κ2) is 5.68. The number of carbonyl (C=O) groups is 2. The van der Waals surface area contributed by atoms with E-state index in [0.29, 0.717) is 5.69 Å². The maximum absolute atomic E-state index is 11.5. The van der Waals surface area contributed by atoms with Crippen LogP contribution in [0.5, 0.6) is 0 Å². The van der Waals surface area contributed by atoms with E-state index in [1.807, 2.05) is 47.8 Å². The van der Waals surface area contributed by atoms with Gasteiger partial charge in [0.15, 0.2) is 0 Å². The minimum Gasteiger partial charge on any atom is -0.351 e. The molecule has 2 aromatic rings. The molecule has 0 aliphatic heterocycles. The lowest BCUT2D eigenvalue weighted by atomic mass is 10.0. The van der Waals surface area contributed by atoms with E-state index in [9.17, 15) is 9.59 Å². The molecule has 0 saturated heterocycles. The molecule has 0 fully saturated rings. The molecule has 0 saturated carbocycles. The van der Waals surface area contributed by atoms with Crippen LogP contribution in [0.4, 0.5) is 15.3 Å². The molecular weight excluding hydrogens is 242 g/mol. The van der Waals surface area contributed by atoms with Gasteiger partial charge < -0.3 is 11.1 Å². The lowest BCUT2D eigenvalue weighted by Crippen LogP contribution is -2.38. The van der Waals surface area contributed by atoms with Gasteiger partial charge in [0.25, 0.3) is 0 Å². The summed E-state index contributed by atoms with van der Waals surface area (Å²) in [5.74, 6) is 0. The third-order valence-electron chi connectivity index (χ3n) is 2.50. The van der Waals surface area contributed by atoms with Gasteiger partial charge >= 0.3 is 12.1 Å². The molecule has 0 heterocycles. The van der Waals surface area contributed by atoms with Gasteiger partial charge in [-0.1, -0.05) is 48.5 Å². The van der Waals surface area contributed by atoms with E-state index in [-0.39, 0.29) is 0 Å². The molecule has 0 unspecified atom stereocenters. The molecule has 0 aromatic heterocycles. The zero-order valence-corrected chi connectivity index (χ0v) is 10.1. The SMILES string of the molecule is NC(=O)NC(=O)Nc1ccccc1-c1ccccc1. The molecule has 0 aliphatic rings. The maximum Gasteiger partial charge on any atom is 0.327 e. The number of primary amides is 1. The Balaban J connectivity index is 2.27. The topological polar surface area (TPSA) is 84.2 Å². The van der Waals surface area contributed by atoms with Gasteiger partial charge in [-0.2, -0.15) is 0 Å². The standard InChI is InChI=1S/C14H13N3O2/c15-13(18)17-14(19)16-12-9-5-4-8-11(12)10-6-2-1-3-7-10/h1-9H,(H4,15,16,17,18,19). The Kier molecular flexibility index (Phi) is 3.78. The molecule has 4 N–H and O–H groups in total. The van der Waals surface area contributed by atoms with Gasteiger partial charge in [0.1, 0.15) is 0 Å². The van der Waals surface area contributed by atoms with E-state index in [1.54, 1.807) is 12.1 Å². The Hall–Kier alpha value is -2.82. The van der Waals surface area contributed by atoms with Crippen LogP contribution in [-0.4, -0.2) is 12.1 Å². The van der Waals surface area contributed by atoms with E-state index in [1.165, 1.54) is 0 Å². The summed E-state index contributed by atoms with van der Waals surface area (Å²) in [6.45, 7) is 0. The highest BCUT2D eigenvalue weighted by Gasteiger charge is 2.08. The number of nitrogens with two attached hydrogens (primary N) is 1. The smallest absolute Gasteiger partial charge is 0.327 e. The first kappa shape index (κ1) is 12.6. The van der Waals surface area contributed by atoms with Gasteiger partial charge in [-0.15, -0.1) is 0 Å². The van der Waals surface area contributed by atoms with Gasteiger partial charge in [-0.05, 0) is 11.6 Å². The van der Waals surface area contributed by atoms with Gasteiger partial charge in [-0.25, -0.2) is 9.59 Å². The van der Waals surface area contributed by atoms with Gasteiger partial charge in [0.2, 0.25) is 0 Å². The fraction of sp³-hybridized carbons (Fsp3) is 0. The summed E-state index contributed by atoms with van der Waals surface area (Å²) in [7, 11) is 0. The summed E-state index contributed by atoms with van der Waals surface area (Å²) in [4.78, 5) is 22.1. The summed E-state index contributed by atoms with van der Waals surface area (Å²) in [6.07, 6.45) is 0. The molecule has 0 aliphatic carbocycles. The predicted octanol–water partition coefficient (Wildman–Crippen LogP) is 2.55. The highest BCUT2D eigenvalue weighted by atomic mass is 16.2. The molecule has 0 atom stereocenters. The minimum absolute atomic E-state index is 0.604. The van der Waals surface area contributed by atoms with Crippen LogP contribution in [0.3, 0.4) is 0 Å². The Labute approximate surface area is 110 Å². The second-order valence-corrected chi connectivity index (χ2v) is 3.85. The monoisotopic (exact) mass is 255 g/mol. The molecule has 5 heteroatoms. The van der Waals surface area contributed by atoms with Gasteiger partial charge in [-0.3, -0.25) is 5.32 Å². The number of hydrogen-bond acceptors (Lipinski definition) is 2. The number of carbonyl (C=O) groups excluding carboxylic acids is 2. The van der Waals surface area contributed by atoms with Crippen molar-refractivity contribution in [1.82, 2.24) is 5.32 Å². The number of imide groups is 1. The average molecular weight is 255 g/mol. The number of urea groups is 2. The van der Waals surface area contributed by atoms with Crippen molar-refractivity contribution < 1.29 is 9.59 Å². The molecule has 2 rings (SSSR count). The highest BCUT2D eigenvalue weighted by molar-refractivity contribution is 6.02. The van der Waals surface area contributed by atoms with Crippen molar-refractivity contribution in [3.8, 4) is 11.1 Å². The normalized spacial score (nSPS) is 9.68. The molecule has 0 spiro atoms. The van der Waals surface area contributed by atoms with Gasteiger partial charge in [0.05, 0.1) is 5.69 Å². The van der Waals surface area contributed by atoms with Crippen molar-refractivity contribution in [3.63, 3.8) is 0 Å². The molecule has 0 radical (unpaired) electrons. The zero-order valence-electron chi connectivity index (χ0n) is 10.1. The van der Waals surface area contributed by atoms with Crippen LogP contribution in [0.25, 0.3) is 11.1 Å². The minimum atomic E-state index is -0.894. The Morgan fingerprint density at radius 3 is 2.21 bits per heavy atom. The van der Waals surface area contributed by atoms with Crippen LogP contribution in [0.15, 0.2) is 54.6 Å². The number of benzene rings is 2. The molecule has 2 aromatic carbocycles. The van der Waals surface area contributed by atoms with Crippen molar-refractivity contribution in [2.75, 3.05) is 5.32 Å². The first-order chi connectivity index (χ1) is 9.16. The van der Waals surface area contributed by atoms with Crippen LogP contribution < -0.4 is 16.4 Å². The third kappa shape index (κ3) is 3.32. The van der Waals surface area contributed by atoms with E-state index >= 15 is 0 Å². The van der Waals surface area contributed by atoms with E-state index < -0.39 is 12.1 Å². The maximum atomic E-state index is 11.5. The second-order valence-electron chi connectivity index (χ2n) is 3.85. The average Bonchev–Trinajstić information content (AvgIpc) is 2.39. The largest absolute Gasteiger partial charge is 0.351 e. The molecule has 4 amide bonds. The van der Waals surface area contributed by atoms with Crippen molar-refractivity contribution in [2.45, 2.75) is 0 Å². The zero-order chi connectivity index (χ0) is 13.7. The van der Waals surface area contributed by atoms with Crippen LogP contribution in [0.2, 0.25) is 0 Å². The number of hydrogen-bond donors (Lipinski definition) is 3. The van der Waals surface area contributed by atoms with Crippen LogP contribution >= 0.6 is 0 Å². The van der Waals surface area contributed by atoms with Crippen LogP contribution in [0, 0.1) is 0 Å². The summed E-state index contributed by atoms with van der Waals surface area (Å²) in [6, 6.07) is 15.4. The van der Waals surface area contributed by atoms with Crippen LogP contribution in [0.1, 0.15) is 0 Å². The van der Waals surface area contributed by atoms with Crippen molar-refractivity contribution >= 4 is 17.7 Å². The van der Waals surface area contributed by atoms with Gasteiger partial charge in [0, 0.05) is 5.56 Å². The molecule has 0 bridgehead atoms. The van der Waals surface area contributed by atoms with Crippen LogP contribution in [-0.2, 0) is 0 Å². The molecule has 19 heavy (non-hydrogen) atoms.